The number of amides is 1. The molecule has 1 heterocycles. The van der Waals surface area contributed by atoms with Crippen LogP contribution in [0.2, 0.25) is 5.02 Å². The van der Waals surface area contributed by atoms with Crippen molar-refractivity contribution in [1.82, 2.24) is 0 Å². The number of methoxy groups -OCH3 is 1. The number of halogens is 2. The Morgan fingerprint density at radius 2 is 1.89 bits per heavy atom. The van der Waals surface area contributed by atoms with E-state index in [9.17, 15) is 9.59 Å². The molecule has 3 rings (SSSR count). The smallest absolute Gasteiger partial charge is 0.414 e. The lowest BCUT2D eigenvalue weighted by molar-refractivity contribution is -0.140. The fourth-order valence-electron chi connectivity index (χ4n) is 2.77. The van der Waals surface area contributed by atoms with Crippen LogP contribution in [0.15, 0.2) is 48.5 Å². The van der Waals surface area contributed by atoms with Crippen LogP contribution in [0.1, 0.15) is 5.56 Å². The van der Waals surface area contributed by atoms with Crippen LogP contribution in [0.5, 0.6) is 5.75 Å². The second-order valence-corrected chi connectivity index (χ2v) is 7.21. The van der Waals surface area contributed by atoms with E-state index in [0.717, 1.165) is 11.3 Å². The molecule has 148 valence electrons. The van der Waals surface area contributed by atoms with Crippen molar-refractivity contribution in [2.24, 2.45) is 0 Å². The number of ether oxygens (including phenoxy) is 3. The molecule has 28 heavy (non-hydrogen) atoms. The molecule has 0 aromatic heterocycles. The molecule has 0 aliphatic carbocycles. The molecule has 0 spiro atoms. The third kappa shape index (κ3) is 5.09. The summed E-state index contributed by atoms with van der Waals surface area (Å²) in [5.41, 5.74) is 1.61. The number of benzene rings is 2. The fourth-order valence-corrected chi connectivity index (χ4v) is 3.16. The van der Waals surface area contributed by atoms with E-state index < -0.39 is 17.4 Å². The van der Waals surface area contributed by atoms with Crippen molar-refractivity contribution >= 4 is 41.0 Å². The number of carbonyl (C=O) groups is 2. The van der Waals surface area contributed by atoms with Gasteiger partial charge in [-0.25, -0.2) is 4.79 Å². The topological polar surface area (TPSA) is 65.1 Å². The zero-order valence-corrected chi connectivity index (χ0v) is 16.7. The Bertz CT molecular complexity index is 825. The van der Waals surface area contributed by atoms with Crippen molar-refractivity contribution in [1.29, 1.82) is 0 Å². The van der Waals surface area contributed by atoms with Gasteiger partial charge in [0.25, 0.3) is 0 Å². The molecule has 1 aliphatic rings. The van der Waals surface area contributed by atoms with Crippen LogP contribution in [0.25, 0.3) is 0 Å². The summed E-state index contributed by atoms with van der Waals surface area (Å²) in [4.78, 5) is 25.0. The fraction of sp³-hybridized carbons (Fsp3) is 0.300. The van der Waals surface area contributed by atoms with E-state index in [2.05, 4.69) is 4.74 Å². The van der Waals surface area contributed by atoms with Crippen LogP contribution in [0.3, 0.4) is 0 Å². The number of nitrogens with zero attached hydrogens (tertiary/aromatic N) is 1. The van der Waals surface area contributed by atoms with Gasteiger partial charge in [-0.15, -0.1) is 11.6 Å². The van der Waals surface area contributed by atoms with Crippen LogP contribution in [0, 0.1) is 0 Å². The minimum Gasteiger partial charge on any atom is -0.490 e. The Kier molecular flexibility index (Phi) is 6.65. The zero-order valence-electron chi connectivity index (χ0n) is 15.1. The lowest BCUT2D eigenvalue weighted by atomic mass is 10.1. The highest BCUT2D eigenvalue weighted by Crippen LogP contribution is 2.24. The van der Waals surface area contributed by atoms with Gasteiger partial charge in [0.2, 0.25) is 0 Å². The van der Waals surface area contributed by atoms with Crippen LogP contribution in [0.4, 0.5) is 10.5 Å². The largest absolute Gasteiger partial charge is 0.490 e. The van der Waals surface area contributed by atoms with Gasteiger partial charge in [-0.3, -0.25) is 9.69 Å². The van der Waals surface area contributed by atoms with Gasteiger partial charge >= 0.3 is 12.1 Å². The predicted octanol–water partition coefficient (Wildman–Crippen LogP) is 4.07. The monoisotopic (exact) mass is 423 g/mol. The highest BCUT2D eigenvalue weighted by molar-refractivity contribution is 6.30. The minimum absolute atomic E-state index is 0.232. The first kappa shape index (κ1) is 20.3. The maximum Gasteiger partial charge on any atom is 0.414 e. The molecule has 1 fully saturated rings. The molecular weight excluding hydrogens is 405 g/mol. The highest BCUT2D eigenvalue weighted by Gasteiger charge is 2.32. The van der Waals surface area contributed by atoms with Crippen LogP contribution >= 0.6 is 23.2 Å². The quantitative estimate of drug-likeness (QED) is 0.496. The third-order valence-corrected chi connectivity index (χ3v) is 4.83. The number of hydrogen-bond acceptors (Lipinski definition) is 5. The van der Waals surface area contributed by atoms with E-state index in [4.69, 9.17) is 32.7 Å². The van der Waals surface area contributed by atoms with E-state index in [1.54, 1.807) is 41.3 Å². The molecule has 2 unspecified atom stereocenters. The van der Waals surface area contributed by atoms with E-state index in [-0.39, 0.29) is 12.7 Å². The summed E-state index contributed by atoms with van der Waals surface area (Å²) in [7, 11) is 1.30. The summed E-state index contributed by atoms with van der Waals surface area (Å²) in [5, 5.41) is -0.125. The van der Waals surface area contributed by atoms with Crippen molar-refractivity contribution in [2.45, 2.75) is 17.9 Å². The summed E-state index contributed by atoms with van der Waals surface area (Å²) in [6.45, 7) is 0.626. The van der Waals surface area contributed by atoms with E-state index >= 15 is 0 Å². The molecule has 8 heteroatoms. The Morgan fingerprint density at radius 1 is 1.21 bits per heavy atom. The second-order valence-electron chi connectivity index (χ2n) is 6.24. The molecule has 0 radical (unpaired) electrons. The number of cyclic esters (lactones) is 1. The van der Waals surface area contributed by atoms with Crippen molar-refractivity contribution in [3.8, 4) is 5.75 Å². The second kappa shape index (κ2) is 9.17. The molecule has 2 aromatic rings. The van der Waals surface area contributed by atoms with E-state index in [1.165, 1.54) is 7.11 Å². The Balaban J connectivity index is 1.51. The average Bonchev–Trinajstić information content (AvgIpc) is 3.08. The van der Waals surface area contributed by atoms with Crippen molar-refractivity contribution in [3.63, 3.8) is 0 Å². The normalized spacial score (nSPS) is 17.2. The number of alkyl halides is 1. The lowest BCUT2D eigenvalue weighted by Gasteiger charge is -2.13. The summed E-state index contributed by atoms with van der Waals surface area (Å²) >= 11 is 11.9. The third-order valence-electron chi connectivity index (χ3n) is 4.24. The maximum absolute atomic E-state index is 12.1. The first-order chi connectivity index (χ1) is 13.5. The maximum atomic E-state index is 12.1. The van der Waals surface area contributed by atoms with Gasteiger partial charge in [-0.1, -0.05) is 23.7 Å². The molecule has 0 saturated carbocycles. The van der Waals surface area contributed by atoms with Crippen LogP contribution in [-0.4, -0.2) is 43.8 Å². The first-order valence-corrected chi connectivity index (χ1v) is 9.45. The Labute approximate surface area is 172 Å². The van der Waals surface area contributed by atoms with E-state index in [0.29, 0.717) is 23.7 Å². The Hall–Kier alpha value is -2.44. The van der Waals surface area contributed by atoms with Gasteiger partial charge in [0, 0.05) is 10.7 Å². The standard InChI is InChI=1S/C20H19Cl2NO5/c1-26-19(24)18(22)10-13-2-8-16(9-3-13)27-12-17-11-23(20(25)28-17)15-6-4-14(21)5-7-15/h2-9,17-18H,10-12H2,1H3. The molecule has 2 aromatic carbocycles. The van der Waals surface area contributed by atoms with Crippen LogP contribution < -0.4 is 9.64 Å². The van der Waals surface area contributed by atoms with Crippen molar-refractivity contribution < 1.29 is 23.8 Å². The number of anilines is 1. The predicted molar refractivity (Wildman–Crippen MR) is 106 cm³/mol. The number of carbonyl (C=O) groups excluding carboxylic acids is 2. The first-order valence-electron chi connectivity index (χ1n) is 8.63. The minimum atomic E-state index is -0.728. The lowest BCUT2D eigenvalue weighted by Crippen LogP contribution is -2.26. The van der Waals surface area contributed by atoms with Crippen LogP contribution in [-0.2, 0) is 20.7 Å². The van der Waals surface area contributed by atoms with E-state index in [1.807, 2.05) is 12.1 Å². The molecule has 0 N–H and O–H groups in total. The SMILES string of the molecule is COC(=O)C(Cl)Cc1ccc(OCC2CN(c3ccc(Cl)cc3)C(=O)O2)cc1. The molecule has 1 saturated heterocycles. The van der Waals surface area contributed by atoms with Gasteiger partial charge in [0.1, 0.15) is 17.7 Å². The molecule has 1 aliphatic heterocycles. The van der Waals surface area contributed by atoms with Gasteiger partial charge in [0.05, 0.1) is 13.7 Å². The number of esters is 1. The molecule has 6 nitrogen and oxygen atoms in total. The molecule has 2 atom stereocenters. The van der Waals surface area contributed by atoms with Gasteiger partial charge < -0.3 is 14.2 Å². The number of hydrogen-bond donors (Lipinski definition) is 0. The average molecular weight is 424 g/mol. The highest BCUT2D eigenvalue weighted by atomic mass is 35.5. The van der Waals surface area contributed by atoms with Crippen molar-refractivity contribution in [2.75, 3.05) is 25.2 Å². The van der Waals surface area contributed by atoms with Crippen molar-refractivity contribution in [3.05, 3.63) is 59.1 Å². The summed E-state index contributed by atoms with van der Waals surface area (Å²) in [6.07, 6.45) is -0.429. The van der Waals surface area contributed by atoms with Gasteiger partial charge in [-0.2, -0.15) is 0 Å². The molecule has 1 amide bonds. The molecule has 0 bridgehead atoms. The molecular formula is C20H19Cl2NO5. The zero-order chi connectivity index (χ0) is 20.1. The van der Waals surface area contributed by atoms with Gasteiger partial charge in [0.15, 0.2) is 6.10 Å². The Morgan fingerprint density at radius 3 is 2.54 bits per heavy atom. The number of rotatable bonds is 7. The summed E-state index contributed by atoms with van der Waals surface area (Å²) in [5.74, 6) is 0.171. The van der Waals surface area contributed by atoms with Gasteiger partial charge in [-0.05, 0) is 48.4 Å². The summed E-state index contributed by atoms with van der Waals surface area (Å²) < 4.78 is 15.7. The summed E-state index contributed by atoms with van der Waals surface area (Å²) in [6, 6.07) is 14.2.